The van der Waals surface area contributed by atoms with Crippen LogP contribution in [0.2, 0.25) is 0 Å². The maximum absolute atomic E-state index is 12.7. The van der Waals surface area contributed by atoms with Crippen LogP contribution in [0, 0.1) is 11.3 Å². The van der Waals surface area contributed by atoms with Crippen LogP contribution in [0.4, 0.5) is 0 Å². The van der Waals surface area contributed by atoms with Crippen molar-refractivity contribution < 1.29 is 4.79 Å². The highest BCUT2D eigenvalue weighted by Crippen LogP contribution is 2.40. The zero-order valence-corrected chi connectivity index (χ0v) is 18.3. The summed E-state index contributed by atoms with van der Waals surface area (Å²) in [4.78, 5) is 20.5. The van der Waals surface area contributed by atoms with Crippen LogP contribution in [0.1, 0.15) is 52.2 Å². The number of aryl methyl sites for hydroxylation is 1. The lowest BCUT2D eigenvalue weighted by Crippen LogP contribution is -2.26. The molecule has 0 bridgehead atoms. The van der Waals surface area contributed by atoms with Crippen LogP contribution < -0.4 is 5.32 Å². The number of benzene rings is 1. The van der Waals surface area contributed by atoms with Crippen molar-refractivity contribution >= 4 is 28.6 Å². The zero-order chi connectivity index (χ0) is 19.7. The molecule has 0 saturated carbocycles. The lowest BCUT2D eigenvalue weighted by atomic mass is 9.72. The normalized spacial score (nSPS) is 16.6. The second-order valence-electron chi connectivity index (χ2n) is 8.55. The summed E-state index contributed by atoms with van der Waals surface area (Å²) in [5.74, 6) is 0.723. The zero-order valence-electron chi connectivity index (χ0n) is 16.6. The van der Waals surface area contributed by atoms with E-state index in [1.807, 2.05) is 24.4 Å². The molecule has 2 heterocycles. The van der Waals surface area contributed by atoms with Crippen molar-refractivity contribution in [1.82, 2.24) is 10.3 Å². The predicted molar refractivity (Wildman–Crippen MR) is 118 cm³/mol. The number of carbonyl (C=O) groups is 1. The summed E-state index contributed by atoms with van der Waals surface area (Å²) in [5, 5.41) is 4.06. The molecule has 5 heteroatoms. The first-order chi connectivity index (χ1) is 13.4. The largest absolute Gasteiger partial charge is 0.346 e. The number of thiophene rings is 1. The highest BCUT2D eigenvalue weighted by Gasteiger charge is 2.30. The number of amides is 1. The summed E-state index contributed by atoms with van der Waals surface area (Å²) < 4.78 is 0. The van der Waals surface area contributed by atoms with Gasteiger partial charge in [0.1, 0.15) is 5.01 Å². The van der Waals surface area contributed by atoms with Gasteiger partial charge in [-0.3, -0.25) is 4.79 Å². The van der Waals surface area contributed by atoms with E-state index in [9.17, 15) is 4.79 Å². The number of hydrogen-bond donors (Lipinski definition) is 1. The summed E-state index contributed by atoms with van der Waals surface area (Å²) in [6.45, 7) is 7.49. The summed E-state index contributed by atoms with van der Waals surface area (Å²) in [7, 11) is 0. The topological polar surface area (TPSA) is 42.0 Å². The minimum Gasteiger partial charge on any atom is -0.346 e. The molecular formula is C23H26N2OS2. The van der Waals surface area contributed by atoms with Crippen molar-refractivity contribution in [3.63, 3.8) is 0 Å². The fourth-order valence-corrected chi connectivity index (χ4v) is 5.71. The van der Waals surface area contributed by atoms with E-state index in [1.165, 1.54) is 16.9 Å². The van der Waals surface area contributed by atoms with E-state index in [-0.39, 0.29) is 5.91 Å². The van der Waals surface area contributed by atoms with E-state index < -0.39 is 0 Å². The molecule has 3 nitrogen and oxygen atoms in total. The Balaban J connectivity index is 1.39. The Morgan fingerprint density at radius 2 is 2.00 bits per heavy atom. The van der Waals surface area contributed by atoms with Gasteiger partial charge < -0.3 is 5.32 Å². The van der Waals surface area contributed by atoms with Crippen LogP contribution in [0.25, 0.3) is 10.6 Å². The van der Waals surface area contributed by atoms with Gasteiger partial charge in [-0.05, 0) is 42.2 Å². The molecule has 0 unspecified atom stereocenters. The highest BCUT2D eigenvalue weighted by molar-refractivity contribution is 7.15. The van der Waals surface area contributed by atoms with Gasteiger partial charge >= 0.3 is 0 Å². The molecule has 0 saturated heterocycles. The molecule has 1 N–H and O–H groups in total. The number of rotatable bonds is 4. The van der Waals surface area contributed by atoms with Crippen molar-refractivity contribution in [2.75, 3.05) is 0 Å². The third kappa shape index (κ3) is 4.20. The first-order valence-corrected chi connectivity index (χ1v) is 11.4. The third-order valence-electron chi connectivity index (χ3n) is 5.53. The van der Waals surface area contributed by atoms with Crippen molar-refractivity contribution in [2.24, 2.45) is 11.3 Å². The first kappa shape index (κ1) is 19.3. The van der Waals surface area contributed by atoms with Gasteiger partial charge in [-0.1, -0.05) is 51.1 Å². The van der Waals surface area contributed by atoms with E-state index in [1.54, 1.807) is 22.7 Å². The van der Waals surface area contributed by atoms with E-state index in [2.05, 4.69) is 49.3 Å². The molecule has 3 aromatic rings. The third-order valence-corrected chi connectivity index (χ3v) is 7.81. The van der Waals surface area contributed by atoms with Gasteiger partial charge in [0.15, 0.2) is 0 Å². The summed E-state index contributed by atoms with van der Waals surface area (Å²) in [6.07, 6.45) is 5.28. The molecular weight excluding hydrogens is 384 g/mol. The Labute approximate surface area is 174 Å². The number of carbonyl (C=O) groups excluding carboxylic acids is 1. The standard InChI is InChI=1S/C23H26N2OS2/c1-23(2,3)17-9-10-19-16(11-17)12-20(28-19)21(26)24-13-18-14-25-22(27-18)15-7-5-4-6-8-15/h4-8,12,14,17H,9-11,13H2,1-3H3,(H,24,26)/t17-/m0/s1. The fraction of sp³-hybridized carbons (Fsp3) is 0.391. The number of aromatic nitrogens is 1. The molecule has 1 amide bonds. The molecule has 1 atom stereocenters. The fourth-order valence-electron chi connectivity index (χ4n) is 3.73. The second kappa shape index (κ2) is 7.80. The SMILES string of the molecule is CC(C)(C)[C@H]1CCc2sc(C(=O)NCc3cnc(-c4ccccc4)s3)cc2C1. The van der Waals surface area contributed by atoms with E-state index in [4.69, 9.17) is 0 Å². The molecule has 0 fully saturated rings. The van der Waals surface area contributed by atoms with E-state index >= 15 is 0 Å². The molecule has 1 aromatic carbocycles. The molecule has 1 aliphatic carbocycles. The van der Waals surface area contributed by atoms with Crippen molar-refractivity contribution in [3.05, 3.63) is 62.8 Å². The smallest absolute Gasteiger partial charge is 0.261 e. The second-order valence-corrected chi connectivity index (χ2v) is 10.8. The number of nitrogens with one attached hydrogen (secondary N) is 1. The molecule has 4 rings (SSSR count). The van der Waals surface area contributed by atoms with E-state index in [0.717, 1.165) is 33.2 Å². The van der Waals surface area contributed by atoms with Gasteiger partial charge in [-0.25, -0.2) is 4.98 Å². The van der Waals surface area contributed by atoms with Gasteiger partial charge in [0.25, 0.3) is 5.91 Å². The minimum atomic E-state index is 0.0290. The maximum Gasteiger partial charge on any atom is 0.261 e. The minimum absolute atomic E-state index is 0.0290. The van der Waals surface area contributed by atoms with Gasteiger partial charge in [-0.15, -0.1) is 22.7 Å². The van der Waals surface area contributed by atoms with Crippen LogP contribution in [0.3, 0.4) is 0 Å². The summed E-state index contributed by atoms with van der Waals surface area (Å²) in [6, 6.07) is 12.3. The van der Waals surface area contributed by atoms with Crippen LogP contribution in [-0.4, -0.2) is 10.9 Å². The molecule has 1 aliphatic rings. The maximum atomic E-state index is 12.7. The Bertz CT molecular complexity index is 966. The van der Waals surface area contributed by atoms with Gasteiger partial charge in [0, 0.05) is 21.5 Å². The summed E-state index contributed by atoms with van der Waals surface area (Å²) >= 11 is 3.30. The predicted octanol–water partition coefficient (Wildman–Crippen LogP) is 5.95. The lowest BCUT2D eigenvalue weighted by Gasteiger charge is -2.33. The molecule has 0 radical (unpaired) electrons. The average molecular weight is 411 g/mol. The van der Waals surface area contributed by atoms with Crippen LogP contribution >= 0.6 is 22.7 Å². The first-order valence-electron chi connectivity index (χ1n) is 9.80. The monoisotopic (exact) mass is 410 g/mol. The molecule has 2 aromatic heterocycles. The molecule has 0 aliphatic heterocycles. The quantitative estimate of drug-likeness (QED) is 0.577. The molecule has 0 spiro atoms. The van der Waals surface area contributed by atoms with Crippen molar-refractivity contribution in [1.29, 1.82) is 0 Å². The lowest BCUT2D eigenvalue weighted by molar-refractivity contribution is 0.0955. The number of nitrogens with zero attached hydrogens (tertiary/aromatic N) is 1. The van der Waals surface area contributed by atoms with Gasteiger partial charge in [0.05, 0.1) is 11.4 Å². The highest BCUT2D eigenvalue weighted by atomic mass is 32.1. The van der Waals surface area contributed by atoms with Crippen molar-refractivity contribution in [2.45, 2.75) is 46.6 Å². The summed E-state index contributed by atoms with van der Waals surface area (Å²) in [5.41, 5.74) is 2.82. The van der Waals surface area contributed by atoms with E-state index in [0.29, 0.717) is 17.9 Å². The Kier molecular flexibility index (Phi) is 5.39. The Morgan fingerprint density at radius 1 is 1.21 bits per heavy atom. The number of hydrogen-bond acceptors (Lipinski definition) is 4. The van der Waals surface area contributed by atoms with Crippen molar-refractivity contribution in [3.8, 4) is 10.6 Å². The average Bonchev–Trinajstić information content (AvgIpc) is 3.32. The Morgan fingerprint density at radius 3 is 2.75 bits per heavy atom. The van der Waals surface area contributed by atoms with Crippen LogP contribution in [0.5, 0.6) is 0 Å². The molecule has 28 heavy (non-hydrogen) atoms. The number of thiazole rings is 1. The molecule has 146 valence electrons. The van der Waals surface area contributed by atoms with Crippen LogP contribution in [-0.2, 0) is 19.4 Å². The van der Waals surface area contributed by atoms with Crippen LogP contribution in [0.15, 0.2) is 42.6 Å². The van der Waals surface area contributed by atoms with Gasteiger partial charge in [0.2, 0.25) is 0 Å². The van der Waals surface area contributed by atoms with Gasteiger partial charge in [-0.2, -0.15) is 0 Å². The Hall–Kier alpha value is -1.98. The number of fused-ring (bicyclic) bond motifs is 1.